The molecule has 144 valence electrons. The van der Waals surface area contributed by atoms with Gasteiger partial charge in [-0.05, 0) is 54.9 Å². The quantitative estimate of drug-likeness (QED) is 0.544. The van der Waals surface area contributed by atoms with Gasteiger partial charge in [-0.2, -0.15) is 0 Å². The van der Waals surface area contributed by atoms with Gasteiger partial charge in [0.1, 0.15) is 0 Å². The SMILES string of the molecule is C=C(/C=C\C(=C/C)C(C)C)S(=O)N1CCCc2ccccc21.CC(C)C. The van der Waals surface area contributed by atoms with Gasteiger partial charge < -0.3 is 0 Å². The van der Waals surface area contributed by atoms with Gasteiger partial charge in [0.2, 0.25) is 0 Å². The molecular weight excluding hydrogens is 338 g/mol. The lowest BCUT2D eigenvalue weighted by molar-refractivity contribution is 0.677. The molecule has 1 aliphatic rings. The maximum absolute atomic E-state index is 12.8. The van der Waals surface area contributed by atoms with Crippen LogP contribution in [-0.2, 0) is 17.4 Å². The minimum atomic E-state index is -1.22. The summed E-state index contributed by atoms with van der Waals surface area (Å²) in [4.78, 5) is 0.650. The smallest absolute Gasteiger partial charge is 0.152 e. The third-order valence-electron chi connectivity index (χ3n) is 3.95. The Morgan fingerprint density at radius 3 is 2.35 bits per heavy atom. The third-order valence-corrected chi connectivity index (χ3v) is 5.32. The molecule has 0 aliphatic carbocycles. The van der Waals surface area contributed by atoms with E-state index >= 15 is 0 Å². The van der Waals surface area contributed by atoms with Gasteiger partial charge in [-0.15, -0.1) is 0 Å². The highest BCUT2D eigenvalue weighted by atomic mass is 32.2. The Balaban J connectivity index is 0.000000765. The van der Waals surface area contributed by atoms with Crippen LogP contribution in [0.4, 0.5) is 5.69 Å². The van der Waals surface area contributed by atoms with E-state index in [1.165, 1.54) is 11.1 Å². The van der Waals surface area contributed by atoms with Crippen molar-refractivity contribution in [3.63, 3.8) is 0 Å². The minimum absolute atomic E-state index is 0.457. The maximum Gasteiger partial charge on any atom is 0.152 e. The molecule has 0 saturated heterocycles. The minimum Gasteiger partial charge on any atom is -0.288 e. The predicted molar refractivity (Wildman–Crippen MR) is 118 cm³/mol. The summed E-state index contributed by atoms with van der Waals surface area (Å²) >= 11 is 0. The Labute approximate surface area is 163 Å². The molecule has 26 heavy (non-hydrogen) atoms. The van der Waals surface area contributed by atoms with Crippen molar-refractivity contribution in [1.82, 2.24) is 0 Å². The highest BCUT2D eigenvalue weighted by Crippen LogP contribution is 2.29. The number of allylic oxidation sites excluding steroid dienone is 4. The Bertz CT molecular complexity index is 668. The summed E-state index contributed by atoms with van der Waals surface area (Å²) in [5.41, 5.74) is 3.59. The molecule has 1 atom stereocenters. The second-order valence-electron chi connectivity index (χ2n) is 7.56. The average Bonchev–Trinajstić information content (AvgIpc) is 2.60. The van der Waals surface area contributed by atoms with Crippen molar-refractivity contribution in [2.75, 3.05) is 10.8 Å². The summed E-state index contributed by atoms with van der Waals surface area (Å²) in [6.45, 7) is 17.7. The molecule has 3 heteroatoms. The van der Waals surface area contributed by atoms with E-state index in [9.17, 15) is 4.21 Å². The molecule has 1 aliphatic heterocycles. The number of hydrogen-bond acceptors (Lipinski definition) is 1. The first kappa shape index (κ1) is 22.4. The number of fused-ring (bicyclic) bond motifs is 1. The van der Waals surface area contributed by atoms with Gasteiger partial charge in [-0.25, -0.2) is 4.21 Å². The van der Waals surface area contributed by atoms with E-state index in [2.05, 4.69) is 59.4 Å². The van der Waals surface area contributed by atoms with E-state index in [0.717, 1.165) is 31.0 Å². The molecule has 2 nitrogen and oxygen atoms in total. The predicted octanol–water partition coefficient (Wildman–Crippen LogP) is 6.44. The average molecular weight is 374 g/mol. The second-order valence-corrected chi connectivity index (χ2v) is 9.02. The number of hydrogen-bond donors (Lipinski definition) is 0. The zero-order valence-corrected chi connectivity index (χ0v) is 18.1. The van der Waals surface area contributed by atoms with Gasteiger partial charge in [0.15, 0.2) is 11.0 Å². The molecule has 0 saturated carbocycles. The largest absolute Gasteiger partial charge is 0.288 e. The molecule has 0 amide bonds. The summed E-state index contributed by atoms with van der Waals surface area (Å²) in [5.74, 6) is 1.29. The number of nitrogens with zero attached hydrogens (tertiary/aromatic N) is 1. The van der Waals surface area contributed by atoms with Crippen molar-refractivity contribution < 1.29 is 4.21 Å². The molecule has 0 bridgehead atoms. The Kier molecular flexibility index (Phi) is 9.64. The first-order chi connectivity index (χ1) is 12.3. The summed E-state index contributed by atoms with van der Waals surface area (Å²) < 4.78 is 14.8. The Morgan fingerprint density at radius 1 is 1.15 bits per heavy atom. The summed E-state index contributed by atoms with van der Waals surface area (Å²) in [7, 11) is -1.22. The van der Waals surface area contributed by atoms with Crippen molar-refractivity contribution in [2.45, 2.75) is 54.4 Å². The Hall–Kier alpha value is -1.61. The van der Waals surface area contributed by atoms with E-state index in [1.807, 2.05) is 35.5 Å². The fourth-order valence-corrected chi connectivity index (χ4v) is 3.80. The van der Waals surface area contributed by atoms with Gasteiger partial charge in [-0.1, -0.05) is 71.5 Å². The van der Waals surface area contributed by atoms with Crippen LogP contribution in [0.5, 0.6) is 0 Å². The van der Waals surface area contributed by atoms with Crippen LogP contribution in [0, 0.1) is 11.8 Å². The monoisotopic (exact) mass is 373 g/mol. The van der Waals surface area contributed by atoms with Gasteiger partial charge in [-0.3, -0.25) is 4.31 Å². The number of anilines is 1. The van der Waals surface area contributed by atoms with Gasteiger partial charge in [0.05, 0.1) is 10.6 Å². The highest BCUT2D eigenvalue weighted by Gasteiger charge is 2.21. The third kappa shape index (κ3) is 6.95. The maximum atomic E-state index is 12.8. The number of benzene rings is 1. The Morgan fingerprint density at radius 2 is 1.77 bits per heavy atom. The van der Waals surface area contributed by atoms with Gasteiger partial charge in [0.25, 0.3) is 0 Å². The zero-order chi connectivity index (χ0) is 19.7. The molecule has 0 N–H and O–H groups in total. The topological polar surface area (TPSA) is 20.3 Å². The van der Waals surface area contributed by atoms with Crippen LogP contribution in [0.1, 0.15) is 53.5 Å². The van der Waals surface area contributed by atoms with E-state index in [0.29, 0.717) is 10.8 Å². The van der Waals surface area contributed by atoms with Crippen molar-refractivity contribution in [3.05, 3.63) is 65.1 Å². The molecular formula is C23H35NOS. The van der Waals surface area contributed by atoms with E-state index in [-0.39, 0.29) is 0 Å². The fraction of sp³-hybridized carbons (Fsp3) is 0.478. The molecule has 0 radical (unpaired) electrons. The standard InChI is InChI=1S/C19H25NOS.C4H10/c1-5-17(15(2)3)13-12-16(4)22(21)20-14-8-10-18-9-6-7-11-19(18)20;1-4(2)3/h5-7,9,11-13,15H,4,8,10,14H2,1-3H3;4H,1-3H3/b13-12-,17-5+;. The lowest BCUT2D eigenvalue weighted by atomic mass is 10.0. The van der Waals surface area contributed by atoms with Crippen LogP contribution in [0.3, 0.4) is 0 Å². The number of para-hydroxylation sites is 1. The van der Waals surface area contributed by atoms with Crippen LogP contribution >= 0.6 is 0 Å². The van der Waals surface area contributed by atoms with Crippen LogP contribution in [0.15, 0.2) is 59.6 Å². The number of rotatable bonds is 5. The molecule has 0 spiro atoms. The first-order valence-corrected chi connectivity index (χ1v) is 10.7. The van der Waals surface area contributed by atoms with Crippen molar-refractivity contribution in [1.29, 1.82) is 0 Å². The summed E-state index contributed by atoms with van der Waals surface area (Å²) in [6, 6.07) is 8.22. The van der Waals surface area contributed by atoms with E-state index in [4.69, 9.17) is 0 Å². The second kappa shape index (κ2) is 11.2. The lowest BCUT2D eigenvalue weighted by Gasteiger charge is -2.29. The fourth-order valence-electron chi connectivity index (χ4n) is 2.68. The molecule has 1 aromatic rings. The zero-order valence-electron chi connectivity index (χ0n) is 17.3. The van der Waals surface area contributed by atoms with E-state index in [1.54, 1.807) is 0 Å². The molecule has 0 aromatic heterocycles. The summed E-state index contributed by atoms with van der Waals surface area (Å²) in [6.07, 6.45) is 8.10. The lowest BCUT2D eigenvalue weighted by Crippen LogP contribution is -2.31. The van der Waals surface area contributed by atoms with Gasteiger partial charge >= 0.3 is 0 Å². The van der Waals surface area contributed by atoms with Crippen molar-refractivity contribution >= 4 is 16.7 Å². The highest BCUT2D eigenvalue weighted by molar-refractivity contribution is 7.90. The van der Waals surface area contributed by atoms with Crippen molar-refractivity contribution in [2.24, 2.45) is 11.8 Å². The first-order valence-electron chi connectivity index (χ1n) is 9.58. The molecule has 1 aromatic carbocycles. The normalized spacial score (nSPS) is 15.7. The number of aryl methyl sites for hydroxylation is 1. The molecule has 0 fully saturated rings. The van der Waals surface area contributed by atoms with Crippen molar-refractivity contribution in [3.8, 4) is 0 Å². The van der Waals surface area contributed by atoms with E-state index < -0.39 is 11.0 Å². The van der Waals surface area contributed by atoms with Crippen LogP contribution in [-0.4, -0.2) is 10.8 Å². The van der Waals surface area contributed by atoms with Gasteiger partial charge in [0, 0.05) is 6.54 Å². The molecule has 2 rings (SSSR count). The summed E-state index contributed by atoms with van der Waals surface area (Å²) in [5, 5.41) is 0. The molecule has 1 unspecified atom stereocenters. The van der Waals surface area contributed by atoms with Crippen LogP contribution in [0.2, 0.25) is 0 Å². The molecule has 1 heterocycles. The van der Waals surface area contributed by atoms with Crippen LogP contribution in [0.25, 0.3) is 0 Å². The van der Waals surface area contributed by atoms with Crippen LogP contribution < -0.4 is 4.31 Å².